The molecule has 36 heavy (non-hydrogen) atoms. The Morgan fingerprint density at radius 3 is 1.97 bits per heavy atom. The Balaban J connectivity index is 2.12. The number of hydrogen-bond acceptors (Lipinski definition) is 3. The van der Waals surface area contributed by atoms with E-state index in [0.29, 0.717) is 12.3 Å². The van der Waals surface area contributed by atoms with Gasteiger partial charge in [-0.15, -0.1) is 0 Å². The molecule has 2 aromatic carbocycles. The number of carbonyl (C=O) groups is 2. The van der Waals surface area contributed by atoms with Crippen molar-refractivity contribution in [2.24, 2.45) is 17.3 Å². The van der Waals surface area contributed by atoms with Gasteiger partial charge in [-0.05, 0) is 40.9 Å². The zero-order valence-electron chi connectivity index (χ0n) is 22.6. The summed E-state index contributed by atoms with van der Waals surface area (Å²) in [5.74, 6) is -0.907. The molecule has 0 radical (unpaired) electrons. The van der Waals surface area contributed by atoms with E-state index in [2.05, 4.69) is 36.6 Å². The number of nitrogens with one attached hydrogen (secondary N) is 2. The maximum absolute atomic E-state index is 13.3. The summed E-state index contributed by atoms with van der Waals surface area (Å²) in [6, 6.07) is 17.2. The first-order valence-electron chi connectivity index (χ1n) is 12.8. The molecule has 2 aromatic rings. The fourth-order valence-electron chi connectivity index (χ4n) is 4.21. The minimum Gasteiger partial charge on any atom is -0.357 e. The molecule has 0 saturated heterocycles. The van der Waals surface area contributed by atoms with Gasteiger partial charge < -0.3 is 15.5 Å². The summed E-state index contributed by atoms with van der Waals surface area (Å²) in [6.45, 7) is 9.78. The van der Waals surface area contributed by atoms with Gasteiger partial charge in [-0.2, -0.15) is 0 Å². The molecular formula is C29H43N2O4P. The molecule has 2 rings (SSSR count). The second kappa shape index (κ2) is 13.2. The van der Waals surface area contributed by atoms with Crippen LogP contribution in [-0.2, 0) is 26.7 Å². The van der Waals surface area contributed by atoms with Crippen LogP contribution in [0, 0.1) is 17.3 Å². The largest absolute Gasteiger partial charge is 0.357 e. The number of carbonyl (C=O) groups excluding carboxylic acids is 2. The number of likely N-dealkylation sites (N-methyl/N-ethyl adjacent to an activating group) is 1. The molecule has 198 valence electrons. The molecule has 0 aliphatic carbocycles. The highest BCUT2D eigenvalue weighted by molar-refractivity contribution is 7.57. The summed E-state index contributed by atoms with van der Waals surface area (Å²) in [5.41, 5.74) is 2.62. The lowest BCUT2D eigenvalue weighted by molar-refractivity contribution is -0.133. The average Bonchev–Trinajstić information content (AvgIpc) is 2.80. The van der Waals surface area contributed by atoms with Gasteiger partial charge in [0.1, 0.15) is 6.04 Å². The highest BCUT2D eigenvalue weighted by atomic mass is 31.2. The Kier molecular flexibility index (Phi) is 10.9. The van der Waals surface area contributed by atoms with Crippen LogP contribution >= 0.6 is 7.37 Å². The Hall–Kier alpha value is -2.43. The minimum absolute atomic E-state index is 0.0161. The van der Waals surface area contributed by atoms with Crippen LogP contribution in [0.15, 0.2) is 54.6 Å². The van der Waals surface area contributed by atoms with Crippen molar-refractivity contribution in [3.63, 3.8) is 0 Å². The molecule has 7 heteroatoms. The Morgan fingerprint density at radius 1 is 0.889 bits per heavy atom. The van der Waals surface area contributed by atoms with Crippen LogP contribution in [0.5, 0.6) is 0 Å². The Morgan fingerprint density at radius 2 is 1.44 bits per heavy atom. The van der Waals surface area contributed by atoms with Crippen LogP contribution in [0.25, 0.3) is 0 Å². The van der Waals surface area contributed by atoms with Crippen molar-refractivity contribution in [1.82, 2.24) is 10.6 Å². The third kappa shape index (κ3) is 9.91. The molecule has 0 fully saturated rings. The first-order valence-corrected chi connectivity index (χ1v) is 14.8. The van der Waals surface area contributed by atoms with Gasteiger partial charge in [0.15, 0.2) is 0 Å². The van der Waals surface area contributed by atoms with Gasteiger partial charge in [0, 0.05) is 25.3 Å². The van der Waals surface area contributed by atoms with Crippen LogP contribution in [0.3, 0.4) is 0 Å². The molecule has 0 spiro atoms. The zero-order chi connectivity index (χ0) is 26.9. The summed E-state index contributed by atoms with van der Waals surface area (Å²) < 4.78 is 13.3. The van der Waals surface area contributed by atoms with E-state index in [-0.39, 0.29) is 24.1 Å². The highest BCUT2D eigenvalue weighted by Crippen LogP contribution is 2.47. The predicted molar refractivity (Wildman–Crippen MR) is 147 cm³/mol. The molecule has 0 aliphatic rings. The van der Waals surface area contributed by atoms with Crippen LogP contribution in [0.4, 0.5) is 0 Å². The lowest BCUT2D eigenvalue weighted by Crippen LogP contribution is -2.54. The van der Waals surface area contributed by atoms with Crippen LogP contribution in [0.1, 0.15) is 64.2 Å². The first kappa shape index (κ1) is 29.8. The van der Waals surface area contributed by atoms with E-state index in [1.807, 2.05) is 63.2 Å². The van der Waals surface area contributed by atoms with Crippen LogP contribution < -0.4 is 10.6 Å². The normalized spacial score (nSPS) is 15.1. The third-order valence-corrected chi connectivity index (χ3v) is 8.20. The molecule has 2 unspecified atom stereocenters. The Labute approximate surface area is 216 Å². The average molecular weight is 515 g/mol. The number of benzene rings is 2. The van der Waals surface area contributed by atoms with E-state index in [4.69, 9.17) is 0 Å². The SMILES string of the molecule is CNC(=O)[C@@H](NC(=O)C(CCC(C)C)CP(=O)(O)Cc1ccc(Cc2ccccc2)cc1)C(C)(C)C. The standard InChI is InChI=1S/C29H43N2O4P/c1-21(2)12-17-25(27(32)31-26(28(33)30-6)29(3,4)5)20-36(34,35)19-24-15-13-23(14-16-24)18-22-10-8-7-9-11-22/h7-11,13-16,21,25-26H,12,17-20H2,1-6H3,(H,30,33)(H,31,32)(H,34,35)/t25?,26-/m1/s1. The van der Waals surface area contributed by atoms with E-state index in [9.17, 15) is 19.0 Å². The first-order chi connectivity index (χ1) is 16.8. The van der Waals surface area contributed by atoms with Crippen molar-refractivity contribution in [2.75, 3.05) is 13.2 Å². The molecule has 0 aliphatic heterocycles. The third-order valence-electron chi connectivity index (χ3n) is 6.33. The molecule has 2 amide bonds. The van der Waals surface area contributed by atoms with Crippen LogP contribution in [0.2, 0.25) is 0 Å². The fourth-order valence-corrected chi connectivity index (χ4v) is 6.16. The molecule has 3 N–H and O–H groups in total. The zero-order valence-corrected chi connectivity index (χ0v) is 23.5. The van der Waals surface area contributed by atoms with Gasteiger partial charge in [0.2, 0.25) is 19.2 Å². The lowest BCUT2D eigenvalue weighted by Gasteiger charge is -2.31. The summed E-state index contributed by atoms with van der Waals surface area (Å²) in [4.78, 5) is 36.6. The van der Waals surface area contributed by atoms with Crippen molar-refractivity contribution >= 4 is 19.2 Å². The van der Waals surface area contributed by atoms with Crippen molar-refractivity contribution in [1.29, 1.82) is 0 Å². The maximum atomic E-state index is 13.3. The van der Waals surface area contributed by atoms with Crippen molar-refractivity contribution in [3.8, 4) is 0 Å². The molecule has 0 bridgehead atoms. The number of amides is 2. The molecular weight excluding hydrogens is 471 g/mol. The van der Waals surface area contributed by atoms with Crippen molar-refractivity contribution in [2.45, 2.75) is 66.1 Å². The lowest BCUT2D eigenvalue weighted by atomic mass is 9.85. The van der Waals surface area contributed by atoms with Gasteiger partial charge in [-0.1, -0.05) is 95.6 Å². The molecule has 0 saturated carbocycles. The van der Waals surface area contributed by atoms with E-state index < -0.39 is 24.7 Å². The fraction of sp³-hybridized carbons (Fsp3) is 0.517. The van der Waals surface area contributed by atoms with Gasteiger partial charge in [0.25, 0.3) is 0 Å². The van der Waals surface area contributed by atoms with Crippen molar-refractivity contribution in [3.05, 3.63) is 71.3 Å². The van der Waals surface area contributed by atoms with E-state index in [1.165, 1.54) is 12.6 Å². The molecule has 3 atom stereocenters. The second-order valence-corrected chi connectivity index (χ2v) is 13.6. The monoisotopic (exact) mass is 514 g/mol. The number of rotatable bonds is 12. The van der Waals surface area contributed by atoms with Crippen LogP contribution in [-0.4, -0.2) is 36.0 Å². The Bertz CT molecular complexity index is 1030. The summed E-state index contributed by atoms with van der Waals surface area (Å²) in [7, 11) is -2.10. The molecule has 0 heterocycles. The summed E-state index contributed by atoms with van der Waals surface area (Å²) >= 11 is 0. The summed E-state index contributed by atoms with van der Waals surface area (Å²) in [6.07, 6.45) is 1.96. The van der Waals surface area contributed by atoms with E-state index in [1.54, 1.807) is 0 Å². The number of hydrogen-bond donors (Lipinski definition) is 3. The topological polar surface area (TPSA) is 95.5 Å². The second-order valence-electron chi connectivity index (χ2n) is 11.3. The highest BCUT2D eigenvalue weighted by Gasteiger charge is 2.36. The quantitative estimate of drug-likeness (QED) is 0.332. The van der Waals surface area contributed by atoms with Crippen molar-refractivity contribution < 1.29 is 19.0 Å². The smallest absolute Gasteiger partial charge is 0.242 e. The van der Waals surface area contributed by atoms with E-state index in [0.717, 1.165) is 24.0 Å². The predicted octanol–water partition coefficient (Wildman–Crippen LogP) is 5.38. The van der Waals surface area contributed by atoms with Gasteiger partial charge in [-0.3, -0.25) is 14.2 Å². The molecule has 0 aromatic heterocycles. The van der Waals surface area contributed by atoms with Gasteiger partial charge >= 0.3 is 0 Å². The van der Waals surface area contributed by atoms with Gasteiger partial charge in [0.05, 0.1) is 0 Å². The molecule has 6 nitrogen and oxygen atoms in total. The minimum atomic E-state index is -3.64. The van der Waals surface area contributed by atoms with Gasteiger partial charge in [-0.25, -0.2) is 0 Å². The van der Waals surface area contributed by atoms with E-state index >= 15 is 0 Å². The summed E-state index contributed by atoms with van der Waals surface area (Å²) in [5, 5.41) is 5.47. The maximum Gasteiger partial charge on any atom is 0.242 e.